The van der Waals surface area contributed by atoms with Crippen LogP contribution in [-0.4, -0.2) is 29.0 Å². The first-order valence-electron chi connectivity index (χ1n) is 6.17. The fraction of sp³-hybridized carbons (Fsp3) is 0.143. The van der Waals surface area contributed by atoms with Crippen molar-refractivity contribution in [2.45, 2.75) is 0 Å². The lowest BCUT2D eigenvalue weighted by Crippen LogP contribution is -2.15. The van der Waals surface area contributed by atoms with Crippen LogP contribution < -0.4 is 10.6 Å². The summed E-state index contributed by atoms with van der Waals surface area (Å²) >= 11 is 0. The second-order valence-electron chi connectivity index (χ2n) is 4.56. The average molecular weight is 302 g/mol. The zero-order valence-electron chi connectivity index (χ0n) is 11.9. The maximum absolute atomic E-state index is 13.2. The van der Waals surface area contributed by atoms with E-state index in [0.717, 1.165) is 12.1 Å². The second kappa shape index (κ2) is 6.13. The van der Waals surface area contributed by atoms with Crippen LogP contribution in [0, 0.1) is 23.0 Å². The molecule has 2 N–H and O–H groups in total. The van der Waals surface area contributed by atoms with Crippen LogP contribution in [0.15, 0.2) is 18.2 Å². The number of nitrogens with two attached hydrogens (primary N) is 1. The van der Waals surface area contributed by atoms with E-state index < -0.39 is 11.6 Å². The molecule has 0 amide bonds. The molecule has 0 saturated carbocycles. The van der Waals surface area contributed by atoms with Crippen molar-refractivity contribution in [3.8, 4) is 6.07 Å². The van der Waals surface area contributed by atoms with Gasteiger partial charge in [-0.3, -0.25) is 0 Å². The van der Waals surface area contributed by atoms with Crippen LogP contribution in [-0.2, 0) is 0 Å². The Balaban J connectivity index is 2.50. The summed E-state index contributed by atoms with van der Waals surface area (Å²) in [5.74, 6) is -1.66. The number of hydrogen-bond acceptors (Lipinski definition) is 6. The quantitative estimate of drug-likeness (QED) is 0.870. The fourth-order valence-electron chi connectivity index (χ4n) is 1.62. The van der Waals surface area contributed by atoms with E-state index >= 15 is 0 Å². The number of nitrogen functional groups attached to an aromatic ring is 1. The first-order valence-corrected chi connectivity index (χ1v) is 6.17. The molecule has 0 saturated heterocycles. The van der Waals surface area contributed by atoms with Gasteiger partial charge in [-0.15, -0.1) is 0 Å². The van der Waals surface area contributed by atoms with Gasteiger partial charge in [-0.1, -0.05) is 6.07 Å². The molecule has 22 heavy (non-hydrogen) atoms. The highest BCUT2D eigenvalue weighted by Gasteiger charge is 2.11. The standard InChI is InChI=1S/C14H12F2N6/c1-22(2)14-20-12(19-13(18)21-14)9(7-17)5-8-3-4-10(15)11(16)6-8/h3-6H,1-2H3,(H2,18,19,20,21)/b9-5-. The Morgan fingerprint density at radius 3 is 2.55 bits per heavy atom. The maximum Gasteiger partial charge on any atom is 0.230 e. The minimum Gasteiger partial charge on any atom is -0.368 e. The molecule has 0 bridgehead atoms. The van der Waals surface area contributed by atoms with Gasteiger partial charge < -0.3 is 10.6 Å². The molecule has 0 unspecified atom stereocenters. The van der Waals surface area contributed by atoms with Gasteiger partial charge in [0, 0.05) is 14.1 Å². The number of aromatic nitrogens is 3. The highest BCUT2D eigenvalue weighted by molar-refractivity contribution is 5.87. The molecule has 1 aromatic heterocycles. The minimum absolute atomic E-state index is 0.0415. The lowest BCUT2D eigenvalue weighted by molar-refractivity contribution is 0.508. The molecule has 0 aliphatic carbocycles. The minimum atomic E-state index is -1.00. The highest BCUT2D eigenvalue weighted by atomic mass is 19.2. The van der Waals surface area contributed by atoms with Crippen molar-refractivity contribution in [2.24, 2.45) is 0 Å². The topological polar surface area (TPSA) is 91.7 Å². The third-order valence-corrected chi connectivity index (χ3v) is 2.66. The van der Waals surface area contributed by atoms with E-state index in [1.165, 1.54) is 12.1 Å². The van der Waals surface area contributed by atoms with Gasteiger partial charge in [0.25, 0.3) is 0 Å². The van der Waals surface area contributed by atoms with Crippen molar-refractivity contribution in [2.75, 3.05) is 24.7 Å². The summed E-state index contributed by atoms with van der Waals surface area (Å²) in [6, 6.07) is 5.20. The Morgan fingerprint density at radius 2 is 1.95 bits per heavy atom. The Kier molecular flexibility index (Phi) is 4.27. The SMILES string of the molecule is CN(C)c1nc(N)nc(/C(C#N)=C\c2ccc(F)c(F)c2)n1. The van der Waals surface area contributed by atoms with Gasteiger partial charge in [-0.05, 0) is 23.8 Å². The van der Waals surface area contributed by atoms with Crippen molar-refractivity contribution in [3.05, 3.63) is 41.2 Å². The lowest BCUT2D eigenvalue weighted by atomic mass is 10.1. The Hall–Kier alpha value is -3.08. The number of allylic oxidation sites excluding steroid dienone is 1. The average Bonchev–Trinajstić information content (AvgIpc) is 2.47. The molecular weight excluding hydrogens is 290 g/mol. The normalized spacial score (nSPS) is 11.1. The monoisotopic (exact) mass is 302 g/mol. The van der Waals surface area contributed by atoms with Gasteiger partial charge >= 0.3 is 0 Å². The van der Waals surface area contributed by atoms with Crippen molar-refractivity contribution >= 4 is 23.5 Å². The summed E-state index contributed by atoms with van der Waals surface area (Å²) in [4.78, 5) is 13.5. The molecule has 0 aliphatic heterocycles. The van der Waals surface area contributed by atoms with Crippen LogP contribution in [0.5, 0.6) is 0 Å². The third-order valence-electron chi connectivity index (χ3n) is 2.66. The zero-order valence-corrected chi connectivity index (χ0v) is 11.9. The summed E-state index contributed by atoms with van der Waals surface area (Å²) in [5, 5.41) is 9.24. The van der Waals surface area contributed by atoms with Crippen molar-refractivity contribution < 1.29 is 8.78 Å². The van der Waals surface area contributed by atoms with Gasteiger partial charge in [0.1, 0.15) is 6.07 Å². The summed E-state index contributed by atoms with van der Waals surface area (Å²) in [6.45, 7) is 0. The van der Waals surface area contributed by atoms with E-state index in [0.29, 0.717) is 5.56 Å². The van der Waals surface area contributed by atoms with Crippen molar-refractivity contribution in [3.63, 3.8) is 0 Å². The van der Waals surface area contributed by atoms with Gasteiger partial charge in [0.15, 0.2) is 17.5 Å². The Morgan fingerprint density at radius 1 is 1.23 bits per heavy atom. The molecule has 1 aromatic carbocycles. The molecular formula is C14H12F2N6. The van der Waals surface area contributed by atoms with Crippen LogP contribution in [0.2, 0.25) is 0 Å². The summed E-state index contributed by atoms with van der Waals surface area (Å²) in [7, 11) is 3.42. The first-order chi connectivity index (χ1) is 10.4. The molecule has 0 atom stereocenters. The van der Waals surface area contributed by atoms with Crippen molar-refractivity contribution in [1.82, 2.24) is 15.0 Å². The molecule has 0 radical (unpaired) electrons. The van der Waals surface area contributed by atoms with Crippen LogP contribution in [0.25, 0.3) is 11.6 Å². The Bertz CT molecular complexity index is 779. The summed E-state index contributed by atoms with van der Waals surface area (Å²) < 4.78 is 26.1. The van der Waals surface area contributed by atoms with Gasteiger partial charge in [0.05, 0.1) is 5.57 Å². The predicted molar refractivity (Wildman–Crippen MR) is 78.4 cm³/mol. The molecule has 6 nitrogen and oxygen atoms in total. The predicted octanol–water partition coefficient (Wildman–Crippen LogP) is 1.86. The van der Waals surface area contributed by atoms with Gasteiger partial charge in [-0.25, -0.2) is 8.78 Å². The smallest absolute Gasteiger partial charge is 0.230 e. The largest absolute Gasteiger partial charge is 0.368 e. The highest BCUT2D eigenvalue weighted by Crippen LogP contribution is 2.18. The number of nitriles is 1. The van der Waals surface area contributed by atoms with Crippen LogP contribution in [0.3, 0.4) is 0 Å². The number of nitrogens with zero attached hydrogens (tertiary/aromatic N) is 5. The second-order valence-corrected chi connectivity index (χ2v) is 4.56. The van der Waals surface area contributed by atoms with E-state index in [1.807, 2.05) is 6.07 Å². The molecule has 1 heterocycles. The molecule has 2 aromatic rings. The summed E-state index contributed by atoms with van der Waals surface area (Å²) in [5.41, 5.74) is 5.96. The zero-order chi connectivity index (χ0) is 16.3. The number of rotatable bonds is 3. The molecule has 0 fully saturated rings. The maximum atomic E-state index is 13.2. The van der Waals surface area contributed by atoms with E-state index in [1.54, 1.807) is 19.0 Å². The third kappa shape index (κ3) is 3.32. The van der Waals surface area contributed by atoms with Gasteiger partial charge in [0.2, 0.25) is 11.9 Å². The van der Waals surface area contributed by atoms with E-state index in [4.69, 9.17) is 5.73 Å². The number of hydrogen-bond donors (Lipinski definition) is 1. The van der Waals surface area contributed by atoms with Crippen LogP contribution in [0.4, 0.5) is 20.7 Å². The van der Waals surface area contributed by atoms with Crippen LogP contribution in [0.1, 0.15) is 11.4 Å². The number of benzene rings is 1. The summed E-state index contributed by atoms with van der Waals surface area (Å²) in [6.07, 6.45) is 1.34. The molecule has 8 heteroatoms. The van der Waals surface area contributed by atoms with E-state index in [-0.39, 0.29) is 23.3 Å². The lowest BCUT2D eigenvalue weighted by Gasteiger charge is -2.11. The van der Waals surface area contributed by atoms with E-state index in [2.05, 4.69) is 15.0 Å². The first kappa shape index (κ1) is 15.3. The van der Waals surface area contributed by atoms with Crippen LogP contribution >= 0.6 is 0 Å². The number of halogens is 2. The Labute approximate surface area is 125 Å². The molecule has 112 valence electrons. The van der Waals surface area contributed by atoms with Gasteiger partial charge in [-0.2, -0.15) is 20.2 Å². The molecule has 0 spiro atoms. The fourth-order valence-corrected chi connectivity index (χ4v) is 1.62. The molecule has 2 rings (SSSR count). The van der Waals surface area contributed by atoms with E-state index in [9.17, 15) is 14.0 Å². The molecule has 0 aliphatic rings. The number of anilines is 2. The van der Waals surface area contributed by atoms with Crippen molar-refractivity contribution in [1.29, 1.82) is 5.26 Å².